The van der Waals surface area contributed by atoms with Gasteiger partial charge < -0.3 is 0 Å². The van der Waals surface area contributed by atoms with Gasteiger partial charge in [0.2, 0.25) is 0 Å². The van der Waals surface area contributed by atoms with E-state index >= 15 is 0 Å². The van der Waals surface area contributed by atoms with Gasteiger partial charge in [-0.2, -0.15) is 0 Å². The summed E-state index contributed by atoms with van der Waals surface area (Å²) >= 11 is -5.07. The van der Waals surface area contributed by atoms with E-state index in [1.54, 1.807) is 12.1 Å². The number of carbonyl (C=O) groups is 3. The van der Waals surface area contributed by atoms with Crippen molar-refractivity contribution < 1.29 is 22.4 Å². The van der Waals surface area contributed by atoms with Gasteiger partial charge in [0, 0.05) is 0 Å². The zero-order valence-corrected chi connectivity index (χ0v) is 17.3. The molecule has 0 aliphatic carbocycles. The van der Waals surface area contributed by atoms with Gasteiger partial charge in [-0.1, -0.05) is 0 Å². The molecule has 7 heteroatoms. The Morgan fingerprint density at radius 2 is 1.41 bits per heavy atom. The molecular formula is C15H20O6Pb. The Bertz CT molecular complexity index is 555. The summed E-state index contributed by atoms with van der Waals surface area (Å²) in [5.41, 5.74) is 1.85. The summed E-state index contributed by atoms with van der Waals surface area (Å²) in [7, 11) is 0. The van der Waals surface area contributed by atoms with Crippen molar-refractivity contribution in [3.05, 3.63) is 29.3 Å². The Hall–Kier alpha value is -1.45. The van der Waals surface area contributed by atoms with Crippen LogP contribution in [0.2, 0.25) is 0 Å². The zero-order chi connectivity index (χ0) is 16.9. The van der Waals surface area contributed by atoms with Gasteiger partial charge in [-0.15, -0.1) is 0 Å². The van der Waals surface area contributed by atoms with Crippen molar-refractivity contribution >= 4 is 43.6 Å². The predicted octanol–water partition coefficient (Wildman–Crippen LogP) is 1.39. The summed E-state index contributed by atoms with van der Waals surface area (Å²) in [5.74, 6) is -1.94. The topological polar surface area (TPSA) is 78.9 Å². The van der Waals surface area contributed by atoms with Crippen molar-refractivity contribution in [2.45, 2.75) is 41.0 Å². The van der Waals surface area contributed by atoms with Crippen LogP contribution in [0.5, 0.6) is 0 Å². The molecule has 0 aliphatic heterocycles. The molecule has 6 nitrogen and oxygen atoms in total. The second-order valence-electron chi connectivity index (χ2n) is 4.85. The van der Waals surface area contributed by atoms with Crippen molar-refractivity contribution in [1.82, 2.24) is 0 Å². The van der Waals surface area contributed by atoms with Crippen LogP contribution in [0.25, 0.3) is 0 Å². The van der Waals surface area contributed by atoms with E-state index in [9.17, 15) is 14.4 Å². The van der Waals surface area contributed by atoms with Crippen LogP contribution in [0, 0.1) is 6.92 Å². The van der Waals surface area contributed by atoms with E-state index in [1.807, 2.05) is 19.9 Å². The fraction of sp³-hybridized carbons (Fsp3) is 0.400. The van der Waals surface area contributed by atoms with E-state index in [-0.39, 0.29) is 0 Å². The summed E-state index contributed by atoms with van der Waals surface area (Å²) in [6.45, 7) is 7.43. The average Bonchev–Trinajstić information content (AvgIpc) is 2.35. The molecule has 0 bridgehead atoms. The number of rotatable bonds is 5. The Morgan fingerprint density at radius 1 is 0.955 bits per heavy atom. The fourth-order valence-corrected chi connectivity index (χ4v) is 11.9. The third-order valence-corrected chi connectivity index (χ3v) is 13.8. The molecule has 0 unspecified atom stereocenters. The van der Waals surface area contributed by atoms with Crippen LogP contribution >= 0.6 is 0 Å². The van der Waals surface area contributed by atoms with Crippen molar-refractivity contribution in [3.63, 3.8) is 0 Å². The molecule has 120 valence electrons. The van der Waals surface area contributed by atoms with E-state index in [1.165, 1.54) is 20.8 Å². The first kappa shape index (κ1) is 18.6. The first-order chi connectivity index (χ1) is 10.2. The average molecular weight is 504 g/mol. The quantitative estimate of drug-likeness (QED) is 0.566. The van der Waals surface area contributed by atoms with Crippen LogP contribution < -0.4 is 3.12 Å². The third kappa shape index (κ3) is 4.79. The SMILES string of the molecule is CCc1cc(C)cc[c]1[Pb]([O]C(C)=O)([O]C(C)=O)[O]C(C)=O. The van der Waals surface area contributed by atoms with Crippen LogP contribution in [-0.2, 0) is 28.9 Å². The monoisotopic (exact) mass is 504 g/mol. The van der Waals surface area contributed by atoms with Crippen LogP contribution in [0.4, 0.5) is 0 Å². The van der Waals surface area contributed by atoms with E-state index in [0.29, 0.717) is 9.54 Å². The molecule has 1 aromatic carbocycles. The molecule has 0 amide bonds. The van der Waals surface area contributed by atoms with Gasteiger partial charge in [-0.05, 0) is 0 Å². The van der Waals surface area contributed by atoms with E-state index in [0.717, 1.165) is 11.1 Å². The maximum absolute atomic E-state index is 11.5. The Kier molecular flexibility index (Phi) is 6.51. The number of hydrogen-bond acceptors (Lipinski definition) is 6. The van der Waals surface area contributed by atoms with Gasteiger partial charge in [0.1, 0.15) is 0 Å². The van der Waals surface area contributed by atoms with Gasteiger partial charge in [-0.25, -0.2) is 0 Å². The summed E-state index contributed by atoms with van der Waals surface area (Å²) < 4.78 is 16.5. The molecule has 0 N–H and O–H groups in total. The molecule has 0 saturated carbocycles. The molecule has 0 radical (unpaired) electrons. The minimum absolute atomic E-state index is 0.529. The molecular weight excluding hydrogens is 483 g/mol. The van der Waals surface area contributed by atoms with Crippen molar-refractivity contribution in [1.29, 1.82) is 0 Å². The summed E-state index contributed by atoms with van der Waals surface area (Å²) in [6.07, 6.45) is 0.628. The normalized spacial score (nSPS) is 10.8. The number of carbonyl (C=O) groups excluding carboxylic acids is 3. The summed E-state index contributed by atoms with van der Waals surface area (Å²) in [4.78, 5) is 34.5. The molecule has 0 aromatic heterocycles. The molecule has 1 aromatic rings. The molecule has 0 saturated heterocycles. The Morgan fingerprint density at radius 3 is 1.77 bits per heavy atom. The minimum atomic E-state index is -5.07. The molecule has 0 spiro atoms. The number of benzene rings is 1. The standard InChI is InChI=1S/C9H11.3C2H4O2.Pb/c1-3-9-6-4-5-8(2)7-9;3*1-2(3)4;/h4-5,7H,3H2,1-2H3;3*1H3,(H,3,4);/q;;;;+3/p-3. The molecule has 0 fully saturated rings. The van der Waals surface area contributed by atoms with Crippen molar-refractivity contribution in [2.24, 2.45) is 0 Å². The summed E-state index contributed by atoms with van der Waals surface area (Å²) in [5, 5.41) is 0. The zero-order valence-electron chi connectivity index (χ0n) is 13.4. The van der Waals surface area contributed by atoms with Crippen molar-refractivity contribution in [3.8, 4) is 0 Å². The van der Waals surface area contributed by atoms with Crippen LogP contribution in [-0.4, -0.2) is 40.4 Å². The van der Waals surface area contributed by atoms with Gasteiger partial charge in [0.25, 0.3) is 0 Å². The Balaban J connectivity index is 3.54. The van der Waals surface area contributed by atoms with Gasteiger partial charge in [-0.3, -0.25) is 0 Å². The van der Waals surface area contributed by atoms with Crippen LogP contribution in [0.15, 0.2) is 18.2 Å². The second-order valence-corrected chi connectivity index (χ2v) is 13.7. The summed E-state index contributed by atoms with van der Waals surface area (Å²) in [6, 6.07) is 5.42. The maximum atomic E-state index is 11.5. The van der Waals surface area contributed by atoms with E-state index < -0.39 is 40.4 Å². The van der Waals surface area contributed by atoms with E-state index in [2.05, 4.69) is 0 Å². The fourth-order valence-electron chi connectivity index (χ4n) is 2.11. The van der Waals surface area contributed by atoms with Gasteiger partial charge in [0.05, 0.1) is 0 Å². The Labute approximate surface area is 136 Å². The molecule has 0 atom stereocenters. The molecule has 22 heavy (non-hydrogen) atoms. The molecule has 0 aliphatic rings. The molecule has 0 heterocycles. The second kappa shape index (κ2) is 7.71. The van der Waals surface area contributed by atoms with E-state index in [4.69, 9.17) is 8.06 Å². The number of aryl methyl sites for hydroxylation is 2. The van der Waals surface area contributed by atoms with Gasteiger partial charge in [0.15, 0.2) is 0 Å². The van der Waals surface area contributed by atoms with Crippen LogP contribution in [0.3, 0.4) is 0 Å². The van der Waals surface area contributed by atoms with Crippen molar-refractivity contribution in [2.75, 3.05) is 0 Å². The first-order valence-corrected chi connectivity index (χ1v) is 13.6. The van der Waals surface area contributed by atoms with Crippen LogP contribution in [0.1, 0.15) is 38.8 Å². The predicted molar refractivity (Wildman–Crippen MR) is 81.2 cm³/mol. The van der Waals surface area contributed by atoms with Gasteiger partial charge >= 0.3 is 136 Å². The third-order valence-electron chi connectivity index (χ3n) is 2.81. The molecule has 1 rings (SSSR count). The number of hydrogen-bond donors (Lipinski definition) is 0. The first-order valence-electron chi connectivity index (χ1n) is 6.89.